The van der Waals surface area contributed by atoms with Crippen molar-refractivity contribution in [1.29, 1.82) is 0 Å². The van der Waals surface area contributed by atoms with Crippen LogP contribution < -0.4 is 10.1 Å². The molecule has 0 saturated carbocycles. The number of hydrogen-bond donors (Lipinski definition) is 1. The lowest BCUT2D eigenvalue weighted by molar-refractivity contribution is -0.113. The molecule has 0 bridgehead atoms. The molecule has 0 aliphatic rings. The van der Waals surface area contributed by atoms with Gasteiger partial charge in [0, 0.05) is 12.2 Å². The fourth-order valence-electron chi connectivity index (χ4n) is 2.64. The summed E-state index contributed by atoms with van der Waals surface area (Å²) in [6, 6.07) is 11.0. The summed E-state index contributed by atoms with van der Waals surface area (Å²) in [5, 5.41) is 12.1. The van der Waals surface area contributed by atoms with Crippen molar-refractivity contribution in [3.05, 3.63) is 42.7 Å². The number of aromatic nitrogens is 3. The summed E-state index contributed by atoms with van der Waals surface area (Å²) in [4.78, 5) is 12.3. The highest BCUT2D eigenvalue weighted by atomic mass is 32.2. The minimum atomic E-state index is -0.104. The number of amides is 1. The maximum atomic E-state index is 12.3. The molecule has 0 spiro atoms. The van der Waals surface area contributed by atoms with E-state index < -0.39 is 0 Å². The number of benzene rings is 1. The van der Waals surface area contributed by atoms with E-state index in [1.807, 2.05) is 47.9 Å². The first-order valence-electron chi connectivity index (χ1n) is 9.19. The lowest BCUT2D eigenvalue weighted by Gasteiger charge is -2.11. The van der Waals surface area contributed by atoms with E-state index in [4.69, 9.17) is 9.15 Å². The third-order valence-corrected chi connectivity index (χ3v) is 4.75. The molecular formula is C20H24N4O3S. The van der Waals surface area contributed by atoms with Gasteiger partial charge >= 0.3 is 0 Å². The number of anilines is 1. The number of thioether (sulfide) groups is 1. The van der Waals surface area contributed by atoms with Crippen molar-refractivity contribution >= 4 is 23.4 Å². The molecule has 7 nitrogen and oxygen atoms in total. The summed E-state index contributed by atoms with van der Waals surface area (Å²) in [5.74, 6) is 2.66. The Balaban J connectivity index is 1.64. The van der Waals surface area contributed by atoms with Crippen LogP contribution in [-0.2, 0) is 11.3 Å². The Morgan fingerprint density at radius 3 is 2.68 bits per heavy atom. The van der Waals surface area contributed by atoms with E-state index in [1.54, 1.807) is 6.26 Å². The summed E-state index contributed by atoms with van der Waals surface area (Å²) >= 11 is 1.36. The molecule has 2 aromatic heterocycles. The quantitative estimate of drug-likeness (QED) is 0.539. The third kappa shape index (κ3) is 5.16. The van der Waals surface area contributed by atoms with Crippen molar-refractivity contribution in [3.8, 4) is 17.3 Å². The second kappa shape index (κ2) is 9.45. The van der Waals surface area contributed by atoms with Crippen molar-refractivity contribution in [3.63, 3.8) is 0 Å². The number of ether oxygens (including phenoxy) is 1. The molecule has 3 aromatic rings. The first-order chi connectivity index (χ1) is 13.6. The molecule has 0 fully saturated rings. The maximum Gasteiger partial charge on any atom is 0.234 e. The van der Waals surface area contributed by atoms with Crippen LogP contribution >= 0.6 is 11.8 Å². The zero-order chi connectivity index (χ0) is 19.9. The largest absolute Gasteiger partial charge is 0.494 e. The third-order valence-electron chi connectivity index (χ3n) is 3.79. The van der Waals surface area contributed by atoms with E-state index in [1.165, 1.54) is 11.8 Å². The fourth-order valence-corrected chi connectivity index (χ4v) is 3.39. The predicted molar refractivity (Wildman–Crippen MR) is 110 cm³/mol. The lowest BCUT2D eigenvalue weighted by atomic mass is 10.2. The van der Waals surface area contributed by atoms with Gasteiger partial charge < -0.3 is 14.5 Å². The number of carbonyl (C=O) groups is 1. The molecule has 0 radical (unpaired) electrons. The van der Waals surface area contributed by atoms with Crippen LogP contribution in [0, 0.1) is 5.92 Å². The maximum absolute atomic E-state index is 12.3. The molecule has 0 aliphatic heterocycles. The second-order valence-corrected chi connectivity index (χ2v) is 7.52. The average Bonchev–Trinajstić information content (AvgIpc) is 3.31. The average molecular weight is 401 g/mol. The van der Waals surface area contributed by atoms with Gasteiger partial charge in [-0.15, -0.1) is 10.2 Å². The number of nitrogens with zero attached hydrogens (tertiary/aromatic N) is 3. The van der Waals surface area contributed by atoms with Gasteiger partial charge in [-0.05, 0) is 49.2 Å². The Bertz CT molecular complexity index is 889. The predicted octanol–water partition coefficient (Wildman–Crippen LogP) is 4.32. The monoisotopic (exact) mass is 400 g/mol. The van der Waals surface area contributed by atoms with Crippen LogP contribution in [0.3, 0.4) is 0 Å². The molecule has 148 valence electrons. The van der Waals surface area contributed by atoms with Crippen LogP contribution in [0.5, 0.6) is 5.75 Å². The van der Waals surface area contributed by atoms with Crippen LogP contribution in [0.25, 0.3) is 11.6 Å². The molecule has 0 atom stereocenters. The molecule has 2 heterocycles. The Labute approximate surface area is 168 Å². The van der Waals surface area contributed by atoms with Gasteiger partial charge in [-0.2, -0.15) is 0 Å². The molecule has 8 heteroatoms. The van der Waals surface area contributed by atoms with E-state index in [9.17, 15) is 4.79 Å². The summed E-state index contributed by atoms with van der Waals surface area (Å²) in [6.07, 6.45) is 1.61. The van der Waals surface area contributed by atoms with E-state index in [2.05, 4.69) is 29.4 Å². The number of hydrogen-bond acceptors (Lipinski definition) is 6. The van der Waals surface area contributed by atoms with E-state index in [-0.39, 0.29) is 11.7 Å². The summed E-state index contributed by atoms with van der Waals surface area (Å²) in [7, 11) is 0. The Hall–Kier alpha value is -2.74. The van der Waals surface area contributed by atoms with Crippen LogP contribution in [0.1, 0.15) is 20.8 Å². The number of carbonyl (C=O) groups excluding carboxylic acids is 1. The van der Waals surface area contributed by atoms with Gasteiger partial charge in [-0.3, -0.25) is 9.36 Å². The van der Waals surface area contributed by atoms with Gasteiger partial charge in [-0.1, -0.05) is 25.6 Å². The minimum absolute atomic E-state index is 0.104. The first-order valence-corrected chi connectivity index (χ1v) is 10.2. The van der Waals surface area contributed by atoms with Crippen molar-refractivity contribution in [1.82, 2.24) is 14.8 Å². The van der Waals surface area contributed by atoms with Gasteiger partial charge in [-0.25, -0.2) is 0 Å². The summed E-state index contributed by atoms with van der Waals surface area (Å²) in [5.41, 5.74) is 0.731. The molecule has 1 aromatic carbocycles. The molecular weight excluding hydrogens is 376 g/mol. The standard InChI is InChI=1S/C20H24N4O3S/c1-4-26-16-9-7-15(8-10-16)21-18(25)13-28-20-23-22-19(17-6-5-11-27-17)24(20)12-14(2)3/h5-11,14H,4,12-13H2,1-3H3,(H,21,25). The molecule has 1 N–H and O–H groups in total. The van der Waals surface area contributed by atoms with Gasteiger partial charge in [0.05, 0.1) is 18.6 Å². The fraction of sp³-hybridized carbons (Fsp3) is 0.350. The minimum Gasteiger partial charge on any atom is -0.494 e. The van der Waals surface area contributed by atoms with Crippen LogP contribution in [0.4, 0.5) is 5.69 Å². The normalized spacial score (nSPS) is 11.0. The van der Waals surface area contributed by atoms with E-state index in [0.29, 0.717) is 29.3 Å². The highest BCUT2D eigenvalue weighted by molar-refractivity contribution is 7.99. The highest BCUT2D eigenvalue weighted by Crippen LogP contribution is 2.25. The van der Waals surface area contributed by atoms with E-state index in [0.717, 1.165) is 18.0 Å². The molecule has 1 amide bonds. The van der Waals surface area contributed by atoms with Crippen molar-refractivity contribution in [2.75, 3.05) is 17.7 Å². The van der Waals surface area contributed by atoms with Gasteiger partial charge in [0.15, 0.2) is 16.7 Å². The van der Waals surface area contributed by atoms with Crippen molar-refractivity contribution in [2.24, 2.45) is 5.92 Å². The van der Waals surface area contributed by atoms with Gasteiger partial charge in [0.2, 0.25) is 5.91 Å². The zero-order valence-electron chi connectivity index (χ0n) is 16.2. The van der Waals surface area contributed by atoms with Crippen LogP contribution in [-0.4, -0.2) is 33.0 Å². The van der Waals surface area contributed by atoms with E-state index >= 15 is 0 Å². The molecule has 0 aliphatic carbocycles. The molecule has 0 unspecified atom stereocenters. The smallest absolute Gasteiger partial charge is 0.234 e. The topological polar surface area (TPSA) is 82.2 Å². The Morgan fingerprint density at radius 1 is 1.25 bits per heavy atom. The summed E-state index contributed by atoms with van der Waals surface area (Å²) < 4.78 is 12.9. The number of rotatable bonds is 9. The number of furan rings is 1. The molecule has 0 saturated heterocycles. The highest BCUT2D eigenvalue weighted by Gasteiger charge is 2.18. The van der Waals surface area contributed by atoms with Crippen LogP contribution in [0.2, 0.25) is 0 Å². The van der Waals surface area contributed by atoms with Crippen LogP contribution in [0.15, 0.2) is 52.2 Å². The van der Waals surface area contributed by atoms with Gasteiger partial charge in [0.1, 0.15) is 5.75 Å². The zero-order valence-corrected chi connectivity index (χ0v) is 17.0. The second-order valence-electron chi connectivity index (χ2n) is 6.58. The first kappa shape index (κ1) is 20.0. The molecule has 3 rings (SSSR count). The Morgan fingerprint density at radius 2 is 2.04 bits per heavy atom. The number of nitrogens with one attached hydrogen (secondary N) is 1. The van der Waals surface area contributed by atoms with Gasteiger partial charge in [0.25, 0.3) is 0 Å². The van der Waals surface area contributed by atoms with Crippen molar-refractivity contribution < 1.29 is 13.9 Å². The Kier molecular flexibility index (Phi) is 6.76. The van der Waals surface area contributed by atoms with Crippen molar-refractivity contribution in [2.45, 2.75) is 32.5 Å². The summed E-state index contributed by atoms with van der Waals surface area (Å²) in [6.45, 7) is 7.53. The lowest BCUT2D eigenvalue weighted by Crippen LogP contribution is -2.15. The SMILES string of the molecule is CCOc1ccc(NC(=O)CSc2nnc(-c3ccco3)n2CC(C)C)cc1. The molecule has 28 heavy (non-hydrogen) atoms.